The summed E-state index contributed by atoms with van der Waals surface area (Å²) < 4.78 is 0. The van der Waals surface area contributed by atoms with Gasteiger partial charge in [0.05, 0.1) is 12.5 Å². The average Bonchev–Trinajstić information content (AvgIpc) is 3.15. The molecule has 142 valence electrons. The van der Waals surface area contributed by atoms with Crippen molar-refractivity contribution in [3.63, 3.8) is 0 Å². The molecule has 3 amide bonds. The van der Waals surface area contributed by atoms with Crippen LogP contribution in [0, 0.1) is 5.92 Å². The zero-order chi connectivity index (χ0) is 18.9. The van der Waals surface area contributed by atoms with Gasteiger partial charge in [0.1, 0.15) is 6.04 Å². The number of aromatic nitrogens is 2. The molecule has 10 nitrogen and oxygen atoms in total. The number of amides is 3. The molecule has 2 atom stereocenters. The Balaban J connectivity index is 2.06. The minimum atomic E-state index is -0.697. The lowest BCUT2D eigenvalue weighted by Crippen LogP contribution is -2.51. The first kappa shape index (κ1) is 19.7. The van der Waals surface area contributed by atoms with Gasteiger partial charge in [0.2, 0.25) is 18.2 Å². The average molecular weight is 364 g/mol. The summed E-state index contributed by atoms with van der Waals surface area (Å²) in [5.74, 6) is -0.977. The molecular formula is C16H24N6O4. The van der Waals surface area contributed by atoms with Gasteiger partial charge < -0.3 is 5.32 Å². The molecule has 0 spiro atoms. The molecule has 2 unspecified atom stereocenters. The Morgan fingerprint density at radius 2 is 2.38 bits per heavy atom. The van der Waals surface area contributed by atoms with Crippen molar-refractivity contribution in [3.05, 3.63) is 18.3 Å². The molecule has 1 aromatic heterocycles. The van der Waals surface area contributed by atoms with E-state index in [1.54, 1.807) is 12.1 Å². The SMILES string of the molecule is CCCCC(CN(O)C=O)C(=O)N1NCCC1C(=O)Nc1cccnn1. The van der Waals surface area contributed by atoms with Crippen LogP contribution < -0.4 is 10.7 Å². The number of nitrogens with zero attached hydrogens (tertiary/aromatic N) is 4. The summed E-state index contributed by atoms with van der Waals surface area (Å²) >= 11 is 0. The standard InChI is InChI=1S/C16H24N6O4/c1-2-3-5-12(10-21(26)11-23)16(25)22-13(7-9-18-22)15(24)19-14-6-4-8-17-20-14/h4,6,8,11-13,18,26H,2-3,5,7,9-10H2,1H3,(H,19,20,24). The Morgan fingerprint density at radius 3 is 3.04 bits per heavy atom. The quantitative estimate of drug-likeness (QED) is 0.324. The first-order chi connectivity index (χ1) is 12.6. The molecule has 2 rings (SSSR count). The molecule has 2 heterocycles. The first-order valence-electron chi connectivity index (χ1n) is 8.62. The summed E-state index contributed by atoms with van der Waals surface area (Å²) in [5, 5.41) is 21.4. The smallest absolute Gasteiger partial charge is 0.250 e. The lowest BCUT2D eigenvalue weighted by molar-refractivity contribution is -0.159. The van der Waals surface area contributed by atoms with Gasteiger partial charge in [0.25, 0.3) is 0 Å². The molecule has 1 fully saturated rings. The number of hydroxylamine groups is 2. The van der Waals surface area contributed by atoms with Crippen LogP contribution >= 0.6 is 0 Å². The van der Waals surface area contributed by atoms with E-state index in [0.717, 1.165) is 12.8 Å². The molecule has 0 aliphatic carbocycles. The van der Waals surface area contributed by atoms with Crippen LogP contribution in [-0.4, -0.2) is 62.8 Å². The lowest BCUT2D eigenvalue weighted by Gasteiger charge is -2.28. The van der Waals surface area contributed by atoms with Gasteiger partial charge in [0, 0.05) is 12.7 Å². The van der Waals surface area contributed by atoms with Crippen LogP contribution in [0.2, 0.25) is 0 Å². The number of nitrogens with one attached hydrogen (secondary N) is 2. The fraction of sp³-hybridized carbons (Fsp3) is 0.562. The second kappa shape index (κ2) is 9.78. The normalized spacial score (nSPS) is 17.6. The maximum Gasteiger partial charge on any atom is 0.250 e. The molecule has 0 bridgehead atoms. The summed E-state index contributed by atoms with van der Waals surface area (Å²) in [4.78, 5) is 36.1. The Hall–Kier alpha value is -2.59. The van der Waals surface area contributed by atoms with Gasteiger partial charge in [-0.25, -0.2) is 10.5 Å². The van der Waals surface area contributed by atoms with E-state index in [0.29, 0.717) is 30.3 Å². The number of hydrogen-bond acceptors (Lipinski definition) is 7. The minimum absolute atomic E-state index is 0.112. The maximum absolute atomic E-state index is 12.9. The number of carbonyl (C=O) groups is 3. The van der Waals surface area contributed by atoms with Crippen LogP contribution in [0.3, 0.4) is 0 Å². The minimum Gasteiger partial charge on any atom is -0.307 e. The fourth-order valence-electron chi connectivity index (χ4n) is 2.83. The van der Waals surface area contributed by atoms with E-state index < -0.39 is 12.0 Å². The molecule has 0 radical (unpaired) electrons. The Bertz CT molecular complexity index is 614. The van der Waals surface area contributed by atoms with Crippen LogP contribution in [-0.2, 0) is 14.4 Å². The highest BCUT2D eigenvalue weighted by Gasteiger charge is 2.37. The van der Waals surface area contributed by atoms with Gasteiger partial charge in [-0.3, -0.25) is 24.6 Å². The third-order valence-corrected chi connectivity index (χ3v) is 4.16. The Morgan fingerprint density at radius 1 is 1.58 bits per heavy atom. The third kappa shape index (κ3) is 5.20. The lowest BCUT2D eigenvalue weighted by atomic mass is 10.00. The van der Waals surface area contributed by atoms with Gasteiger partial charge in [0.15, 0.2) is 5.82 Å². The van der Waals surface area contributed by atoms with Gasteiger partial charge in [-0.2, -0.15) is 5.10 Å². The van der Waals surface area contributed by atoms with Crippen molar-refractivity contribution in [2.75, 3.05) is 18.4 Å². The van der Waals surface area contributed by atoms with Crippen LogP contribution in [0.25, 0.3) is 0 Å². The van der Waals surface area contributed by atoms with Gasteiger partial charge in [-0.1, -0.05) is 19.8 Å². The van der Waals surface area contributed by atoms with E-state index in [1.807, 2.05) is 6.92 Å². The number of unbranched alkanes of at least 4 members (excludes halogenated alkanes) is 1. The van der Waals surface area contributed by atoms with E-state index in [9.17, 15) is 19.6 Å². The van der Waals surface area contributed by atoms with Crippen molar-refractivity contribution in [2.45, 2.75) is 38.6 Å². The first-order valence-corrected chi connectivity index (χ1v) is 8.62. The van der Waals surface area contributed by atoms with Gasteiger partial charge in [-0.15, -0.1) is 5.10 Å². The zero-order valence-corrected chi connectivity index (χ0v) is 14.7. The van der Waals surface area contributed by atoms with Crippen LogP contribution in [0.4, 0.5) is 5.82 Å². The molecule has 1 saturated heterocycles. The Kier molecular flexibility index (Phi) is 7.42. The molecule has 26 heavy (non-hydrogen) atoms. The molecule has 0 aromatic carbocycles. The molecule has 1 aliphatic rings. The number of carbonyl (C=O) groups excluding carboxylic acids is 3. The van der Waals surface area contributed by atoms with Crippen LogP contribution in [0.5, 0.6) is 0 Å². The number of anilines is 1. The molecule has 1 aliphatic heterocycles. The van der Waals surface area contributed by atoms with Crippen molar-refractivity contribution in [3.8, 4) is 0 Å². The van der Waals surface area contributed by atoms with Crippen molar-refractivity contribution < 1.29 is 19.6 Å². The predicted molar refractivity (Wildman–Crippen MR) is 91.5 cm³/mol. The summed E-state index contributed by atoms with van der Waals surface area (Å²) in [5.41, 5.74) is 2.92. The van der Waals surface area contributed by atoms with E-state index >= 15 is 0 Å². The fourth-order valence-corrected chi connectivity index (χ4v) is 2.83. The summed E-state index contributed by atoms with van der Waals surface area (Å²) in [6.45, 7) is 2.35. The van der Waals surface area contributed by atoms with Crippen LogP contribution in [0.15, 0.2) is 18.3 Å². The number of rotatable bonds is 9. The number of hydrazine groups is 1. The largest absolute Gasteiger partial charge is 0.307 e. The molecule has 3 N–H and O–H groups in total. The van der Waals surface area contributed by atoms with Crippen molar-refractivity contribution in [1.29, 1.82) is 0 Å². The monoisotopic (exact) mass is 364 g/mol. The number of hydrogen-bond donors (Lipinski definition) is 3. The zero-order valence-electron chi connectivity index (χ0n) is 14.7. The highest BCUT2D eigenvalue weighted by molar-refractivity contribution is 5.97. The third-order valence-electron chi connectivity index (χ3n) is 4.16. The van der Waals surface area contributed by atoms with E-state index in [2.05, 4.69) is 20.9 Å². The molecular weight excluding hydrogens is 340 g/mol. The highest BCUT2D eigenvalue weighted by atomic mass is 16.5. The van der Waals surface area contributed by atoms with E-state index in [-0.39, 0.29) is 24.8 Å². The molecule has 1 aromatic rings. The maximum atomic E-state index is 12.9. The van der Waals surface area contributed by atoms with Crippen molar-refractivity contribution in [1.82, 2.24) is 25.7 Å². The molecule has 0 saturated carbocycles. The summed E-state index contributed by atoms with van der Waals surface area (Å²) in [6.07, 6.45) is 4.37. The second-order valence-electron chi connectivity index (χ2n) is 6.09. The summed E-state index contributed by atoms with van der Waals surface area (Å²) in [7, 11) is 0. The Labute approximate surface area is 151 Å². The van der Waals surface area contributed by atoms with Gasteiger partial charge >= 0.3 is 0 Å². The second-order valence-corrected chi connectivity index (χ2v) is 6.09. The topological polar surface area (TPSA) is 128 Å². The van der Waals surface area contributed by atoms with E-state index in [1.165, 1.54) is 11.2 Å². The van der Waals surface area contributed by atoms with Crippen LogP contribution in [0.1, 0.15) is 32.6 Å². The van der Waals surface area contributed by atoms with Crippen molar-refractivity contribution >= 4 is 24.0 Å². The van der Waals surface area contributed by atoms with Crippen molar-refractivity contribution in [2.24, 2.45) is 5.92 Å². The van der Waals surface area contributed by atoms with E-state index in [4.69, 9.17) is 0 Å². The summed E-state index contributed by atoms with van der Waals surface area (Å²) in [6, 6.07) is 2.56. The van der Waals surface area contributed by atoms with Gasteiger partial charge in [-0.05, 0) is 25.0 Å². The predicted octanol–water partition coefficient (Wildman–Crippen LogP) is 0.175. The molecule has 10 heteroatoms. The highest BCUT2D eigenvalue weighted by Crippen LogP contribution is 2.19.